The summed E-state index contributed by atoms with van der Waals surface area (Å²) < 4.78 is 17.1. The predicted molar refractivity (Wildman–Crippen MR) is 138 cm³/mol. The van der Waals surface area contributed by atoms with Gasteiger partial charge in [-0.15, -0.1) is 0 Å². The first-order valence-electron chi connectivity index (χ1n) is 12.9. The van der Waals surface area contributed by atoms with Gasteiger partial charge in [0.2, 0.25) is 12.0 Å². The molecule has 36 heavy (non-hydrogen) atoms. The van der Waals surface area contributed by atoms with Crippen molar-refractivity contribution in [3.8, 4) is 17.2 Å². The van der Waals surface area contributed by atoms with Crippen molar-refractivity contribution < 1.29 is 23.8 Å². The van der Waals surface area contributed by atoms with Crippen molar-refractivity contribution in [3.63, 3.8) is 0 Å². The number of hydrogen-bond donors (Lipinski definition) is 0. The number of carbonyl (C=O) groups excluding carboxylic acids is 2. The molecule has 7 nitrogen and oxygen atoms in total. The number of likely N-dealkylation sites (tertiary alicyclic amines) is 1. The third kappa shape index (κ3) is 6.12. The van der Waals surface area contributed by atoms with E-state index < -0.39 is 6.10 Å². The molecule has 2 amide bonds. The minimum atomic E-state index is -0.626. The van der Waals surface area contributed by atoms with Crippen LogP contribution in [0.5, 0.6) is 17.2 Å². The van der Waals surface area contributed by atoms with Crippen molar-refractivity contribution in [3.05, 3.63) is 54.1 Å². The number of likely N-dealkylation sites (N-methyl/N-ethyl adjacent to an activating group) is 1. The van der Waals surface area contributed by atoms with E-state index in [4.69, 9.17) is 14.2 Å². The van der Waals surface area contributed by atoms with E-state index in [2.05, 4.69) is 19.9 Å². The number of methoxy groups -OCH3 is 1. The van der Waals surface area contributed by atoms with Crippen LogP contribution in [-0.4, -0.2) is 67.6 Å². The van der Waals surface area contributed by atoms with E-state index in [-0.39, 0.29) is 24.5 Å². The molecule has 2 unspecified atom stereocenters. The van der Waals surface area contributed by atoms with Crippen molar-refractivity contribution in [1.29, 1.82) is 0 Å². The highest BCUT2D eigenvalue weighted by atomic mass is 16.6. The minimum absolute atomic E-state index is 0.0310. The Morgan fingerprint density at radius 2 is 1.81 bits per heavy atom. The molecule has 1 saturated heterocycles. The van der Waals surface area contributed by atoms with E-state index in [1.165, 1.54) is 0 Å². The van der Waals surface area contributed by atoms with Gasteiger partial charge < -0.3 is 24.0 Å². The second-order valence-corrected chi connectivity index (χ2v) is 10.3. The largest absolute Gasteiger partial charge is 0.497 e. The van der Waals surface area contributed by atoms with Crippen molar-refractivity contribution in [2.24, 2.45) is 11.8 Å². The number of piperidine rings is 1. The van der Waals surface area contributed by atoms with Crippen LogP contribution in [0.25, 0.3) is 0 Å². The Kier molecular flexibility index (Phi) is 8.39. The van der Waals surface area contributed by atoms with E-state index in [1.54, 1.807) is 7.11 Å². The summed E-state index contributed by atoms with van der Waals surface area (Å²) in [6, 6.07) is 15.6. The van der Waals surface area contributed by atoms with Gasteiger partial charge >= 0.3 is 0 Å². The Labute approximate surface area is 214 Å². The smallest absolute Gasteiger partial charge is 0.267 e. The fourth-order valence-electron chi connectivity index (χ4n) is 5.19. The summed E-state index contributed by atoms with van der Waals surface area (Å²) in [6.45, 7) is 5.66. The monoisotopic (exact) mass is 494 g/mol. The third-order valence-corrected chi connectivity index (χ3v) is 7.23. The van der Waals surface area contributed by atoms with Gasteiger partial charge in [-0.25, -0.2) is 0 Å². The van der Waals surface area contributed by atoms with Crippen LogP contribution in [0, 0.1) is 11.8 Å². The number of carbonyl (C=O) groups is 2. The average molecular weight is 495 g/mol. The van der Waals surface area contributed by atoms with Crippen molar-refractivity contribution in [1.82, 2.24) is 9.80 Å². The zero-order chi connectivity index (χ0) is 25.7. The molecule has 0 radical (unpaired) electrons. The maximum Gasteiger partial charge on any atom is 0.267 e. The Bertz CT molecular complexity index is 1050. The van der Waals surface area contributed by atoms with Gasteiger partial charge in [-0.2, -0.15) is 0 Å². The van der Waals surface area contributed by atoms with Crippen LogP contribution < -0.4 is 14.2 Å². The first kappa shape index (κ1) is 25.9. The number of fused-ring (bicyclic) bond motifs is 1. The van der Waals surface area contributed by atoms with Gasteiger partial charge in [0.1, 0.15) is 12.4 Å². The quantitative estimate of drug-likeness (QED) is 0.551. The maximum absolute atomic E-state index is 13.2. The summed E-state index contributed by atoms with van der Waals surface area (Å²) in [6.07, 6.45) is 2.34. The number of ether oxygens (including phenoxy) is 3. The van der Waals surface area contributed by atoms with Crippen LogP contribution in [0.4, 0.5) is 0 Å². The zero-order valence-corrected chi connectivity index (χ0v) is 21.8. The zero-order valence-electron chi connectivity index (χ0n) is 21.8. The first-order valence-corrected chi connectivity index (χ1v) is 12.9. The molecule has 2 aromatic carbocycles. The Balaban J connectivity index is 1.42. The van der Waals surface area contributed by atoms with Crippen LogP contribution in [-0.2, 0) is 16.0 Å². The van der Waals surface area contributed by atoms with E-state index in [1.807, 2.05) is 59.3 Å². The fraction of sp³-hybridized carbons (Fsp3) is 0.517. The van der Waals surface area contributed by atoms with Crippen LogP contribution in [0.3, 0.4) is 0 Å². The lowest BCUT2D eigenvalue weighted by Crippen LogP contribution is -2.52. The molecule has 0 aromatic heterocycles. The molecule has 7 heteroatoms. The number of para-hydroxylation sites is 2. The molecular formula is C29H38N2O5. The summed E-state index contributed by atoms with van der Waals surface area (Å²) in [4.78, 5) is 30.1. The van der Waals surface area contributed by atoms with Gasteiger partial charge in [-0.05, 0) is 60.9 Å². The Morgan fingerprint density at radius 1 is 1.08 bits per heavy atom. The predicted octanol–water partition coefficient (Wildman–Crippen LogP) is 4.19. The minimum Gasteiger partial charge on any atom is -0.497 e. The molecule has 0 aliphatic carbocycles. The van der Waals surface area contributed by atoms with Crippen LogP contribution in [0.1, 0.15) is 38.7 Å². The Hall–Kier alpha value is -3.22. The van der Waals surface area contributed by atoms with Gasteiger partial charge in [0, 0.05) is 32.6 Å². The summed E-state index contributed by atoms with van der Waals surface area (Å²) >= 11 is 0. The Morgan fingerprint density at radius 3 is 2.50 bits per heavy atom. The van der Waals surface area contributed by atoms with E-state index in [0.717, 1.165) is 30.6 Å². The van der Waals surface area contributed by atoms with Crippen LogP contribution in [0.15, 0.2) is 48.5 Å². The van der Waals surface area contributed by atoms with Gasteiger partial charge in [-0.1, -0.05) is 38.1 Å². The van der Waals surface area contributed by atoms with Crippen LogP contribution >= 0.6 is 0 Å². The SMILES string of the molecule is COc1cccc(CC(C2CCN(C(=O)C3COc4ccccc4O3)CC2)N(C)C(=O)CC(C)C)c1. The number of nitrogens with zero attached hydrogens (tertiary/aromatic N) is 2. The highest BCUT2D eigenvalue weighted by Crippen LogP contribution is 2.33. The number of benzene rings is 2. The van der Waals surface area contributed by atoms with Gasteiger partial charge in [0.05, 0.1) is 7.11 Å². The lowest BCUT2D eigenvalue weighted by molar-refractivity contribution is -0.144. The molecular weight excluding hydrogens is 456 g/mol. The highest BCUT2D eigenvalue weighted by Gasteiger charge is 2.36. The molecule has 0 bridgehead atoms. The van der Waals surface area contributed by atoms with Gasteiger partial charge in [-0.3, -0.25) is 9.59 Å². The molecule has 2 atom stereocenters. The maximum atomic E-state index is 13.2. The molecule has 2 heterocycles. The molecule has 194 valence electrons. The fourth-order valence-corrected chi connectivity index (χ4v) is 5.19. The molecule has 0 N–H and O–H groups in total. The lowest BCUT2D eigenvalue weighted by Gasteiger charge is -2.41. The average Bonchev–Trinajstić information content (AvgIpc) is 2.90. The topological polar surface area (TPSA) is 68.3 Å². The van der Waals surface area contributed by atoms with E-state index >= 15 is 0 Å². The highest BCUT2D eigenvalue weighted by molar-refractivity contribution is 5.82. The lowest BCUT2D eigenvalue weighted by atomic mass is 9.84. The summed E-state index contributed by atoms with van der Waals surface area (Å²) in [5.74, 6) is 2.85. The third-order valence-electron chi connectivity index (χ3n) is 7.23. The molecule has 4 rings (SSSR count). The molecule has 2 aromatic rings. The van der Waals surface area contributed by atoms with Crippen molar-refractivity contribution in [2.75, 3.05) is 33.9 Å². The normalized spacial score (nSPS) is 18.6. The molecule has 2 aliphatic rings. The molecule has 1 fully saturated rings. The van der Waals surface area contributed by atoms with Crippen molar-refractivity contribution >= 4 is 11.8 Å². The summed E-state index contributed by atoms with van der Waals surface area (Å²) in [5.41, 5.74) is 1.15. The van der Waals surface area contributed by atoms with E-state index in [0.29, 0.717) is 42.8 Å². The molecule has 0 spiro atoms. The van der Waals surface area contributed by atoms with E-state index in [9.17, 15) is 9.59 Å². The summed E-state index contributed by atoms with van der Waals surface area (Å²) in [5, 5.41) is 0. The second kappa shape index (κ2) is 11.7. The van der Waals surface area contributed by atoms with Crippen molar-refractivity contribution in [2.45, 2.75) is 51.7 Å². The van der Waals surface area contributed by atoms with Crippen LogP contribution in [0.2, 0.25) is 0 Å². The number of hydrogen-bond acceptors (Lipinski definition) is 5. The van der Waals surface area contributed by atoms with Gasteiger partial charge in [0.15, 0.2) is 11.5 Å². The molecule has 2 aliphatic heterocycles. The van der Waals surface area contributed by atoms with Gasteiger partial charge in [0.25, 0.3) is 5.91 Å². The number of amides is 2. The number of rotatable bonds is 8. The standard InChI is InChI=1S/C29H38N2O5/c1-20(2)16-28(32)30(3)24(18-21-8-7-9-23(17-21)34-4)22-12-14-31(15-13-22)29(33)27-19-35-25-10-5-6-11-26(25)36-27/h5-11,17,20,22,24,27H,12-16,18-19H2,1-4H3. The molecule has 0 saturated carbocycles. The second-order valence-electron chi connectivity index (χ2n) is 10.3. The first-order chi connectivity index (χ1) is 17.4. The summed E-state index contributed by atoms with van der Waals surface area (Å²) in [7, 11) is 3.60.